The summed E-state index contributed by atoms with van der Waals surface area (Å²) in [5.41, 5.74) is 1.21. The van der Waals surface area contributed by atoms with E-state index in [2.05, 4.69) is 19.8 Å². The minimum atomic E-state index is -0.336. The van der Waals surface area contributed by atoms with Crippen molar-refractivity contribution in [1.29, 1.82) is 0 Å². The Bertz CT molecular complexity index is 592. The van der Waals surface area contributed by atoms with Gasteiger partial charge in [-0.3, -0.25) is 4.68 Å². The summed E-state index contributed by atoms with van der Waals surface area (Å²) in [6.45, 7) is 4.57. The third-order valence-corrected chi connectivity index (χ3v) is 3.52. The molecule has 108 valence electrons. The Labute approximate surface area is 121 Å². The molecule has 0 saturated carbocycles. The van der Waals surface area contributed by atoms with Crippen LogP contribution in [0, 0.1) is 6.92 Å². The van der Waals surface area contributed by atoms with Gasteiger partial charge in [0.1, 0.15) is 16.9 Å². The zero-order valence-electron chi connectivity index (χ0n) is 11.7. The van der Waals surface area contributed by atoms with Gasteiger partial charge in [-0.1, -0.05) is 0 Å². The lowest BCUT2D eigenvalue weighted by Crippen LogP contribution is -2.11. The number of aromatic nitrogens is 4. The summed E-state index contributed by atoms with van der Waals surface area (Å²) in [5.74, 6) is 0.427. The molecule has 0 saturated heterocycles. The molecule has 0 amide bonds. The molecule has 0 aliphatic heterocycles. The van der Waals surface area contributed by atoms with Crippen LogP contribution in [0.15, 0.2) is 6.33 Å². The quantitative estimate of drug-likeness (QED) is 0.811. The predicted octanol–water partition coefficient (Wildman–Crippen LogP) is 1.41. The second-order valence-electron chi connectivity index (χ2n) is 4.20. The molecule has 0 aromatic carbocycles. The molecule has 0 unspecified atom stereocenters. The smallest absolute Gasteiger partial charge is 0.343 e. The van der Waals surface area contributed by atoms with E-state index in [1.54, 1.807) is 24.9 Å². The van der Waals surface area contributed by atoms with Crippen molar-refractivity contribution >= 4 is 22.5 Å². The van der Waals surface area contributed by atoms with E-state index in [-0.39, 0.29) is 5.97 Å². The molecule has 0 spiro atoms. The fourth-order valence-electron chi connectivity index (χ4n) is 1.72. The van der Waals surface area contributed by atoms with Crippen LogP contribution in [0.2, 0.25) is 0 Å². The van der Waals surface area contributed by atoms with Gasteiger partial charge in [-0.15, -0.1) is 0 Å². The molecule has 1 N–H and O–H groups in total. The van der Waals surface area contributed by atoms with Crippen LogP contribution in [-0.2, 0) is 18.2 Å². The van der Waals surface area contributed by atoms with Crippen molar-refractivity contribution in [2.75, 3.05) is 18.5 Å². The topological polar surface area (TPSA) is 81.9 Å². The Balaban J connectivity index is 1.97. The Morgan fingerprint density at radius 3 is 3.00 bits per heavy atom. The van der Waals surface area contributed by atoms with Crippen LogP contribution in [-0.4, -0.2) is 38.3 Å². The highest BCUT2D eigenvalue weighted by atomic mass is 32.1. The number of aryl methyl sites for hydroxylation is 2. The van der Waals surface area contributed by atoms with Gasteiger partial charge >= 0.3 is 5.97 Å². The normalized spacial score (nSPS) is 10.6. The number of carbonyl (C=O) groups is 1. The van der Waals surface area contributed by atoms with Gasteiger partial charge < -0.3 is 10.1 Å². The second kappa shape index (κ2) is 6.47. The molecule has 0 aliphatic carbocycles. The molecule has 0 bridgehead atoms. The number of nitrogens with one attached hydrogen (secondary N) is 1. The zero-order chi connectivity index (χ0) is 14.5. The van der Waals surface area contributed by atoms with Crippen molar-refractivity contribution in [3.05, 3.63) is 23.4 Å². The summed E-state index contributed by atoms with van der Waals surface area (Å²) < 4.78 is 10.9. The molecule has 8 heteroatoms. The molecule has 2 aromatic heterocycles. The fourth-order valence-corrected chi connectivity index (χ4v) is 2.53. The highest BCUT2D eigenvalue weighted by molar-refractivity contribution is 7.10. The Morgan fingerprint density at radius 1 is 1.55 bits per heavy atom. The maximum atomic E-state index is 11.9. The van der Waals surface area contributed by atoms with Gasteiger partial charge in [0.2, 0.25) is 0 Å². The monoisotopic (exact) mass is 295 g/mol. The van der Waals surface area contributed by atoms with E-state index in [0.29, 0.717) is 30.8 Å². The van der Waals surface area contributed by atoms with Crippen molar-refractivity contribution in [3.8, 4) is 0 Å². The highest BCUT2D eigenvalue weighted by Gasteiger charge is 2.19. The van der Waals surface area contributed by atoms with E-state index in [1.807, 2.05) is 7.05 Å². The molecule has 0 fully saturated rings. The SMILES string of the molecule is CCOC(=O)c1c(C)nsc1NCCc1ncn(C)n1. The molecule has 20 heavy (non-hydrogen) atoms. The summed E-state index contributed by atoms with van der Waals surface area (Å²) >= 11 is 1.26. The summed E-state index contributed by atoms with van der Waals surface area (Å²) in [6, 6.07) is 0. The van der Waals surface area contributed by atoms with Crippen LogP contribution in [0.4, 0.5) is 5.00 Å². The van der Waals surface area contributed by atoms with Crippen LogP contribution in [0.3, 0.4) is 0 Å². The Hall–Kier alpha value is -1.96. The van der Waals surface area contributed by atoms with E-state index in [4.69, 9.17) is 4.74 Å². The predicted molar refractivity (Wildman–Crippen MR) is 76.0 cm³/mol. The van der Waals surface area contributed by atoms with Gasteiger partial charge in [0, 0.05) is 20.0 Å². The number of ether oxygens (including phenoxy) is 1. The van der Waals surface area contributed by atoms with Crippen LogP contribution < -0.4 is 5.32 Å². The molecule has 7 nitrogen and oxygen atoms in total. The van der Waals surface area contributed by atoms with Gasteiger partial charge in [0.05, 0.1) is 12.3 Å². The van der Waals surface area contributed by atoms with Crippen LogP contribution >= 0.6 is 11.5 Å². The van der Waals surface area contributed by atoms with Gasteiger partial charge in [-0.25, -0.2) is 9.78 Å². The van der Waals surface area contributed by atoms with Gasteiger partial charge in [-0.05, 0) is 25.4 Å². The first-order valence-corrected chi connectivity index (χ1v) is 7.11. The third-order valence-electron chi connectivity index (χ3n) is 2.62. The molecule has 2 rings (SSSR count). The lowest BCUT2D eigenvalue weighted by Gasteiger charge is -2.05. The lowest BCUT2D eigenvalue weighted by atomic mass is 10.2. The molecular formula is C12H17N5O2S. The maximum absolute atomic E-state index is 11.9. The minimum absolute atomic E-state index is 0.336. The summed E-state index contributed by atoms with van der Waals surface area (Å²) in [4.78, 5) is 16.0. The van der Waals surface area contributed by atoms with E-state index in [1.165, 1.54) is 11.5 Å². The zero-order valence-corrected chi connectivity index (χ0v) is 12.5. The fraction of sp³-hybridized carbons (Fsp3) is 0.500. The van der Waals surface area contributed by atoms with E-state index in [0.717, 1.165) is 10.8 Å². The van der Waals surface area contributed by atoms with Crippen LogP contribution in [0.1, 0.15) is 28.8 Å². The second-order valence-corrected chi connectivity index (χ2v) is 4.98. The van der Waals surface area contributed by atoms with Crippen molar-refractivity contribution in [1.82, 2.24) is 19.1 Å². The first-order chi connectivity index (χ1) is 9.61. The first kappa shape index (κ1) is 14.4. The van der Waals surface area contributed by atoms with Gasteiger partial charge in [0.25, 0.3) is 0 Å². The highest BCUT2D eigenvalue weighted by Crippen LogP contribution is 2.25. The van der Waals surface area contributed by atoms with Crippen LogP contribution in [0.5, 0.6) is 0 Å². The van der Waals surface area contributed by atoms with Crippen LogP contribution in [0.25, 0.3) is 0 Å². The number of hydrogen-bond acceptors (Lipinski definition) is 7. The largest absolute Gasteiger partial charge is 0.462 e. The molecule has 0 atom stereocenters. The molecule has 2 aromatic rings. The van der Waals surface area contributed by atoms with E-state index < -0.39 is 0 Å². The molecule has 0 radical (unpaired) electrons. The minimum Gasteiger partial charge on any atom is -0.462 e. The maximum Gasteiger partial charge on any atom is 0.343 e. The molecule has 0 aliphatic rings. The Kier molecular flexibility index (Phi) is 4.67. The van der Waals surface area contributed by atoms with Crippen molar-refractivity contribution in [2.45, 2.75) is 20.3 Å². The lowest BCUT2D eigenvalue weighted by molar-refractivity contribution is 0.0527. The van der Waals surface area contributed by atoms with E-state index >= 15 is 0 Å². The third kappa shape index (κ3) is 3.32. The van der Waals surface area contributed by atoms with Crippen molar-refractivity contribution in [2.24, 2.45) is 7.05 Å². The van der Waals surface area contributed by atoms with E-state index in [9.17, 15) is 4.79 Å². The molecule has 2 heterocycles. The molecular weight excluding hydrogens is 278 g/mol. The first-order valence-electron chi connectivity index (χ1n) is 6.33. The van der Waals surface area contributed by atoms with Crippen molar-refractivity contribution < 1.29 is 9.53 Å². The number of nitrogens with zero attached hydrogens (tertiary/aromatic N) is 4. The number of rotatable bonds is 6. The summed E-state index contributed by atoms with van der Waals surface area (Å²) in [7, 11) is 1.83. The average molecular weight is 295 g/mol. The number of carbonyl (C=O) groups excluding carboxylic acids is 1. The van der Waals surface area contributed by atoms with Gasteiger partial charge in [0.15, 0.2) is 5.82 Å². The number of esters is 1. The average Bonchev–Trinajstić information content (AvgIpc) is 2.97. The Morgan fingerprint density at radius 2 is 2.35 bits per heavy atom. The number of anilines is 1. The standard InChI is InChI=1S/C12H17N5O2S/c1-4-19-12(18)10-8(2)16-20-11(10)13-6-5-9-14-7-17(3)15-9/h7,13H,4-6H2,1-3H3. The summed E-state index contributed by atoms with van der Waals surface area (Å²) in [5, 5.41) is 8.13. The summed E-state index contributed by atoms with van der Waals surface area (Å²) in [6.07, 6.45) is 2.34. The number of hydrogen-bond donors (Lipinski definition) is 1. The van der Waals surface area contributed by atoms with Gasteiger partial charge in [-0.2, -0.15) is 9.47 Å². The van der Waals surface area contributed by atoms with Crippen molar-refractivity contribution in [3.63, 3.8) is 0 Å².